The maximum Gasteiger partial charge on any atom is 0.217 e. The van der Waals surface area contributed by atoms with Gasteiger partial charge in [-0.25, -0.2) is 4.39 Å². The molecule has 0 bridgehead atoms. The molecule has 0 aliphatic rings. The zero-order chi connectivity index (χ0) is 12.7. The van der Waals surface area contributed by atoms with Crippen molar-refractivity contribution in [1.82, 2.24) is 5.32 Å². The highest BCUT2D eigenvalue weighted by Crippen LogP contribution is 2.08. The van der Waals surface area contributed by atoms with Crippen molar-refractivity contribution in [3.05, 3.63) is 35.1 Å². The summed E-state index contributed by atoms with van der Waals surface area (Å²) in [5.74, 6) is -0.422. The van der Waals surface area contributed by atoms with Crippen molar-refractivity contribution in [3.63, 3.8) is 0 Å². The summed E-state index contributed by atoms with van der Waals surface area (Å²) < 4.78 is 13.0. The molecule has 1 rings (SSSR count). The number of hydrogen-bond acceptors (Lipinski definition) is 2. The molecule has 0 saturated heterocycles. The van der Waals surface area contributed by atoms with Crippen molar-refractivity contribution in [2.24, 2.45) is 5.73 Å². The molecule has 0 heterocycles. The van der Waals surface area contributed by atoms with Gasteiger partial charge in [0.15, 0.2) is 0 Å². The van der Waals surface area contributed by atoms with E-state index in [0.29, 0.717) is 12.0 Å². The van der Waals surface area contributed by atoms with E-state index in [1.54, 1.807) is 13.0 Å². The molecule has 4 heteroatoms. The molecule has 0 fully saturated rings. The molecule has 94 valence electrons. The Kier molecular flexibility index (Phi) is 5.63. The third-order valence-corrected chi connectivity index (χ3v) is 2.58. The maximum absolute atomic E-state index is 13.0. The topological polar surface area (TPSA) is 55.1 Å². The number of unbranched alkanes of at least 4 members (excludes halogenated alkanes) is 1. The number of carbonyl (C=O) groups excluding carboxylic acids is 1. The average Bonchev–Trinajstić information content (AvgIpc) is 2.27. The molecule has 0 aliphatic heterocycles. The lowest BCUT2D eigenvalue weighted by atomic mass is 10.1. The monoisotopic (exact) mass is 238 g/mol. The number of nitrogens with one attached hydrogen (secondary N) is 1. The van der Waals surface area contributed by atoms with Gasteiger partial charge in [0.1, 0.15) is 5.82 Å². The van der Waals surface area contributed by atoms with Crippen LogP contribution in [0.1, 0.15) is 30.4 Å². The van der Waals surface area contributed by atoms with E-state index in [2.05, 4.69) is 5.32 Å². The minimum absolute atomic E-state index is 0.171. The third-order valence-electron chi connectivity index (χ3n) is 2.58. The van der Waals surface area contributed by atoms with Gasteiger partial charge in [-0.3, -0.25) is 4.79 Å². The van der Waals surface area contributed by atoms with E-state index in [-0.39, 0.29) is 11.7 Å². The normalized spacial score (nSPS) is 10.5. The van der Waals surface area contributed by atoms with Crippen LogP contribution < -0.4 is 11.1 Å². The zero-order valence-electron chi connectivity index (χ0n) is 10.1. The molecule has 0 radical (unpaired) electrons. The van der Waals surface area contributed by atoms with Crippen LogP contribution in [-0.2, 0) is 11.3 Å². The van der Waals surface area contributed by atoms with E-state index < -0.39 is 0 Å². The minimum atomic E-state index is -0.251. The number of amides is 1. The van der Waals surface area contributed by atoms with E-state index in [1.807, 2.05) is 6.07 Å². The van der Waals surface area contributed by atoms with Crippen molar-refractivity contribution in [2.45, 2.75) is 32.7 Å². The van der Waals surface area contributed by atoms with Crippen molar-refractivity contribution in [3.8, 4) is 0 Å². The molecular formula is C13H19FN2O. The lowest BCUT2D eigenvalue weighted by molar-refractivity contribution is -0.118. The molecule has 0 saturated carbocycles. The molecule has 0 aliphatic carbocycles. The lowest BCUT2D eigenvalue weighted by Crippen LogP contribution is -2.16. The van der Waals surface area contributed by atoms with Gasteiger partial charge in [-0.05, 0) is 43.5 Å². The van der Waals surface area contributed by atoms with Gasteiger partial charge in [0.25, 0.3) is 0 Å². The van der Waals surface area contributed by atoms with E-state index in [1.165, 1.54) is 6.07 Å². The summed E-state index contributed by atoms with van der Waals surface area (Å²) in [4.78, 5) is 10.5. The summed E-state index contributed by atoms with van der Waals surface area (Å²) in [6.45, 7) is 3.31. The van der Waals surface area contributed by atoms with Gasteiger partial charge < -0.3 is 11.1 Å². The number of rotatable bonds is 7. The Labute approximate surface area is 101 Å². The third kappa shape index (κ3) is 5.45. The lowest BCUT2D eigenvalue weighted by Gasteiger charge is -2.05. The van der Waals surface area contributed by atoms with Crippen LogP contribution >= 0.6 is 0 Å². The first-order valence-corrected chi connectivity index (χ1v) is 5.83. The smallest absolute Gasteiger partial charge is 0.217 e. The molecule has 17 heavy (non-hydrogen) atoms. The Balaban J connectivity index is 2.18. The van der Waals surface area contributed by atoms with Crippen LogP contribution in [0.4, 0.5) is 4.39 Å². The number of nitrogens with two attached hydrogens (primary N) is 1. The Morgan fingerprint density at radius 1 is 1.41 bits per heavy atom. The Morgan fingerprint density at radius 3 is 2.82 bits per heavy atom. The van der Waals surface area contributed by atoms with Crippen LogP contribution in [0.3, 0.4) is 0 Å². The Hall–Kier alpha value is -1.42. The first-order chi connectivity index (χ1) is 8.09. The second-order valence-electron chi connectivity index (χ2n) is 4.18. The summed E-state index contributed by atoms with van der Waals surface area (Å²) in [6.07, 6.45) is 2.17. The first kappa shape index (κ1) is 13.6. The van der Waals surface area contributed by atoms with Gasteiger partial charge in [0, 0.05) is 13.0 Å². The van der Waals surface area contributed by atoms with E-state index in [0.717, 1.165) is 31.5 Å². The van der Waals surface area contributed by atoms with Crippen molar-refractivity contribution >= 4 is 5.91 Å². The van der Waals surface area contributed by atoms with Crippen LogP contribution in [-0.4, -0.2) is 12.5 Å². The fraction of sp³-hybridized carbons (Fsp3) is 0.462. The molecular weight excluding hydrogens is 219 g/mol. The zero-order valence-corrected chi connectivity index (χ0v) is 10.1. The largest absolute Gasteiger partial charge is 0.370 e. The summed E-state index contributed by atoms with van der Waals surface area (Å²) in [5.41, 5.74) is 6.77. The molecule has 1 aromatic rings. The summed E-state index contributed by atoms with van der Waals surface area (Å²) in [6, 6.07) is 5.10. The molecule has 1 aromatic carbocycles. The quantitative estimate of drug-likeness (QED) is 0.713. The summed E-state index contributed by atoms with van der Waals surface area (Å²) in [7, 11) is 0. The number of benzene rings is 1. The predicted octanol–water partition coefficient (Wildman–Crippen LogP) is 1.88. The van der Waals surface area contributed by atoms with Crippen LogP contribution in [0.2, 0.25) is 0 Å². The first-order valence-electron chi connectivity index (χ1n) is 5.83. The highest BCUT2D eigenvalue weighted by molar-refractivity contribution is 5.73. The van der Waals surface area contributed by atoms with Crippen LogP contribution in [0.25, 0.3) is 0 Å². The predicted molar refractivity (Wildman–Crippen MR) is 65.9 cm³/mol. The molecule has 3 N–H and O–H groups in total. The molecule has 0 aromatic heterocycles. The summed E-state index contributed by atoms with van der Waals surface area (Å²) >= 11 is 0. The second-order valence-corrected chi connectivity index (χ2v) is 4.18. The minimum Gasteiger partial charge on any atom is -0.370 e. The van der Waals surface area contributed by atoms with Crippen molar-refractivity contribution in [2.75, 3.05) is 6.54 Å². The number of primary amides is 1. The fourth-order valence-electron chi connectivity index (χ4n) is 1.60. The van der Waals surface area contributed by atoms with E-state index in [9.17, 15) is 9.18 Å². The molecule has 1 amide bonds. The van der Waals surface area contributed by atoms with Crippen molar-refractivity contribution < 1.29 is 9.18 Å². The Morgan fingerprint density at radius 2 is 2.18 bits per heavy atom. The average molecular weight is 238 g/mol. The van der Waals surface area contributed by atoms with E-state index in [4.69, 9.17) is 5.73 Å². The Bertz CT molecular complexity index is 380. The maximum atomic E-state index is 13.0. The van der Waals surface area contributed by atoms with Crippen LogP contribution in [0.5, 0.6) is 0 Å². The highest BCUT2D eigenvalue weighted by atomic mass is 19.1. The van der Waals surface area contributed by atoms with Gasteiger partial charge >= 0.3 is 0 Å². The highest BCUT2D eigenvalue weighted by Gasteiger charge is 1.99. The SMILES string of the molecule is Cc1cc(CNCCCCC(N)=O)ccc1F. The molecule has 0 atom stereocenters. The number of aryl methyl sites for hydroxylation is 1. The van der Waals surface area contributed by atoms with Crippen LogP contribution in [0, 0.1) is 12.7 Å². The van der Waals surface area contributed by atoms with Gasteiger partial charge in [-0.2, -0.15) is 0 Å². The summed E-state index contributed by atoms with van der Waals surface area (Å²) in [5, 5.41) is 3.25. The number of hydrogen-bond donors (Lipinski definition) is 2. The molecule has 0 spiro atoms. The van der Waals surface area contributed by atoms with Gasteiger partial charge in [-0.15, -0.1) is 0 Å². The fourth-order valence-corrected chi connectivity index (χ4v) is 1.60. The van der Waals surface area contributed by atoms with Gasteiger partial charge in [-0.1, -0.05) is 12.1 Å². The molecule has 3 nitrogen and oxygen atoms in total. The van der Waals surface area contributed by atoms with E-state index >= 15 is 0 Å². The number of halogens is 1. The number of carbonyl (C=O) groups is 1. The van der Waals surface area contributed by atoms with Crippen molar-refractivity contribution in [1.29, 1.82) is 0 Å². The van der Waals surface area contributed by atoms with Gasteiger partial charge in [0.2, 0.25) is 5.91 Å². The van der Waals surface area contributed by atoms with Gasteiger partial charge in [0.05, 0.1) is 0 Å². The van der Waals surface area contributed by atoms with Crippen LogP contribution in [0.15, 0.2) is 18.2 Å². The second kappa shape index (κ2) is 7.01. The molecule has 0 unspecified atom stereocenters. The standard InChI is InChI=1S/C13H19FN2O/c1-10-8-11(5-6-12(10)14)9-16-7-3-2-4-13(15)17/h5-6,8,16H,2-4,7,9H2,1H3,(H2,15,17).